The maximum absolute atomic E-state index is 14.3. The van der Waals surface area contributed by atoms with Crippen LogP contribution in [-0.4, -0.2) is 95.4 Å². The maximum atomic E-state index is 14.3. The van der Waals surface area contributed by atoms with Crippen molar-refractivity contribution in [3.8, 4) is 0 Å². The van der Waals surface area contributed by atoms with Crippen molar-refractivity contribution in [3.05, 3.63) is 53.1 Å². The molecule has 2 aromatic rings. The summed E-state index contributed by atoms with van der Waals surface area (Å²) in [4.78, 5) is 38.8. The van der Waals surface area contributed by atoms with Gasteiger partial charge in [0.15, 0.2) is 11.5 Å². The van der Waals surface area contributed by atoms with E-state index in [1.165, 1.54) is 22.0 Å². The molecule has 4 heterocycles. The SMILES string of the molecule is COC1CN(C(=O)c2nc(N3CCN(C(=O)N4N=CCC4c4cc(F)cc(F)c4)CC3)ncc2F)C1. The molecule has 1 unspecified atom stereocenters. The Morgan fingerprint density at radius 3 is 2.36 bits per heavy atom. The highest BCUT2D eigenvalue weighted by Gasteiger charge is 2.35. The molecule has 0 radical (unpaired) electrons. The standard InChI is InChI=1S/C23H24F3N7O3/c1-36-17-12-32(13-17)21(34)20-18(26)11-27-22(29-20)30-4-6-31(7-5-30)23(35)33-19(2-3-28-33)14-8-15(24)10-16(25)9-14/h3,8-11,17,19H,2,4-7,12-13H2,1H3. The minimum Gasteiger partial charge on any atom is -0.378 e. The van der Waals surface area contributed by atoms with Gasteiger partial charge in [-0.25, -0.2) is 32.9 Å². The van der Waals surface area contributed by atoms with Crippen molar-refractivity contribution in [2.75, 3.05) is 51.3 Å². The topological polar surface area (TPSA) is 94.5 Å². The predicted octanol–water partition coefficient (Wildman–Crippen LogP) is 2.04. The molecule has 5 rings (SSSR count). The summed E-state index contributed by atoms with van der Waals surface area (Å²) in [6.07, 6.45) is 2.79. The van der Waals surface area contributed by atoms with E-state index in [0.717, 1.165) is 12.3 Å². The molecule has 2 saturated heterocycles. The van der Waals surface area contributed by atoms with Crippen LogP contribution in [0.4, 0.5) is 23.9 Å². The average Bonchev–Trinajstić information content (AvgIpc) is 3.33. The molecule has 3 aliphatic rings. The molecule has 1 atom stereocenters. The van der Waals surface area contributed by atoms with Crippen molar-refractivity contribution in [2.45, 2.75) is 18.6 Å². The zero-order valence-corrected chi connectivity index (χ0v) is 19.5. The fourth-order valence-corrected chi connectivity index (χ4v) is 4.45. The Bertz CT molecular complexity index is 1180. The van der Waals surface area contributed by atoms with Gasteiger partial charge in [-0.15, -0.1) is 0 Å². The summed E-state index contributed by atoms with van der Waals surface area (Å²) in [5.74, 6) is -2.57. The molecular weight excluding hydrogens is 479 g/mol. The minimum atomic E-state index is -0.801. The van der Waals surface area contributed by atoms with Crippen LogP contribution in [0.25, 0.3) is 0 Å². The van der Waals surface area contributed by atoms with E-state index in [1.807, 2.05) is 0 Å². The van der Waals surface area contributed by atoms with E-state index in [4.69, 9.17) is 4.74 Å². The molecule has 36 heavy (non-hydrogen) atoms. The number of nitrogens with zero attached hydrogens (tertiary/aromatic N) is 7. The third kappa shape index (κ3) is 4.57. The molecule has 0 N–H and O–H groups in total. The summed E-state index contributed by atoms with van der Waals surface area (Å²) in [5, 5.41) is 5.36. The lowest BCUT2D eigenvalue weighted by Gasteiger charge is -2.38. The lowest BCUT2D eigenvalue weighted by atomic mass is 10.0. The number of rotatable bonds is 4. The lowest BCUT2D eigenvalue weighted by Crippen LogP contribution is -2.55. The molecule has 0 spiro atoms. The number of methoxy groups -OCH3 is 1. The molecule has 13 heteroatoms. The number of hydrogen-bond acceptors (Lipinski definition) is 7. The summed E-state index contributed by atoms with van der Waals surface area (Å²) in [6, 6.07) is 2.18. The number of piperazine rings is 1. The second-order valence-corrected chi connectivity index (χ2v) is 8.79. The van der Waals surface area contributed by atoms with Crippen LogP contribution in [0.5, 0.6) is 0 Å². The molecule has 3 aliphatic heterocycles. The van der Waals surface area contributed by atoms with Gasteiger partial charge in [0.1, 0.15) is 11.6 Å². The summed E-state index contributed by atoms with van der Waals surface area (Å²) in [6.45, 7) is 2.02. The number of amides is 3. The van der Waals surface area contributed by atoms with Gasteiger partial charge in [0.2, 0.25) is 5.95 Å². The molecule has 10 nitrogen and oxygen atoms in total. The minimum absolute atomic E-state index is 0.0663. The molecule has 0 saturated carbocycles. The molecule has 0 aliphatic carbocycles. The highest BCUT2D eigenvalue weighted by atomic mass is 19.1. The van der Waals surface area contributed by atoms with Crippen molar-refractivity contribution < 1.29 is 27.5 Å². The number of likely N-dealkylation sites (tertiary alicyclic amines) is 1. The van der Waals surface area contributed by atoms with Crippen molar-refractivity contribution in [3.63, 3.8) is 0 Å². The van der Waals surface area contributed by atoms with E-state index < -0.39 is 29.4 Å². The van der Waals surface area contributed by atoms with Gasteiger partial charge in [0.25, 0.3) is 5.91 Å². The molecule has 1 aromatic heterocycles. The Kier molecular flexibility index (Phi) is 6.48. The molecule has 0 bridgehead atoms. The number of carbonyl (C=O) groups is 2. The fraction of sp³-hybridized carbons (Fsp3) is 0.435. The number of ether oxygens (including phenoxy) is 1. The van der Waals surface area contributed by atoms with Gasteiger partial charge in [0.05, 0.1) is 18.3 Å². The summed E-state index contributed by atoms with van der Waals surface area (Å²) < 4.78 is 46.9. The van der Waals surface area contributed by atoms with Gasteiger partial charge < -0.3 is 19.4 Å². The Morgan fingerprint density at radius 1 is 1.00 bits per heavy atom. The summed E-state index contributed by atoms with van der Waals surface area (Å²) in [7, 11) is 1.55. The Morgan fingerprint density at radius 2 is 1.69 bits per heavy atom. The van der Waals surface area contributed by atoms with Crippen LogP contribution in [0.1, 0.15) is 28.5 Å². The number of hydrazone groups is 1. The van der Waals surface area contributed by atoms with E-state index in [2.05, 4.69) is 15.1 Å². The van der Waals surface area contributed by atoms with Gasteiger partial charge >= 0.3 is 6.03 Å². The number of hydrogen-bond donors (Lipinski definition) is 0. The first-order valence-corrected chi connectivity index (χ1v) is 11.5. The summed E-state index contributed by atoms with van der Waals surface area (Å²) in [5.41, 5.74) is 0.0255. The van der Waals surface area contributed by atoms with Gasteiger partial charge in [-0.2, -0.15) is 5.10 Å². The Labute approximate surface area is 204 Å². The Hall–Kier alpha value is -3.74. The van der Waals surface area contributed by atoms with Crippen molar-refractivity contribution in [2.24, 2.45) is 5.10 Å². The van der Waals surface area contributed by atoms with Crippen LogP contribution in [0, 0.1) is 17.5 Å². The smallest absolute Gasteiger partial charge is 0.341 e. The molecule has 2 fully saturated rings. The highest BCUT2D eigenvalue weighted by molar-refractivity contribution is 5.93. The van der Waals surface area contributed by atoms with Crippen LogP contribution in [0.2, 0.25) is 0 Å². The van der Waals surface area contributed by atoms with E-state index >= 15 is 0 Å². The molecule has 3 amide bonds. The van der Waals surface area contributed by atoms with Gasteiger partial charge in [-0.3, -0.25) is 4.79 Å². The van der Waals surface area contributed by atoms with E-state index in [-0.39, 0.29) is 23.8 Å². The first-order valence-electron chi connectivity index (χ1n) is 11.5. The largest absolute Gasteiger partial charge is 0.378 e. The normalized spacial score (nSPS) is 20.2. The van der Waals surface area contributed by atoms with E-state index in [9.17, 15) is 22.8 Å². The van der Waals surface area contributed by atoms with Crippen LogP contribution in [0.3, 0.4) is 0 Å². The molecule has 1 aromatic carbocycles. The third-order valence-corrected chi connectivity index (χ3v) is 6.53. The fourth-order valence-electron chi connectivity index (χ4n) is 4.45. The summed E-state index contributed by atoms with van der Waals surface area (Å²) >= 11 is 0. The first kappa shape index (κ1) is 24.0. The van der Waals surface area contributed by atoms with E-state index in [1.54, 1.807) is 23.1 Å². The average molecular weight is 503 g/mol. The van der Waals surface area contributed by atoms with Crippen LogP contribution < -0.4 is 4.90 Å². The number of benzene rings is 1. The number of aromatic nitrogens is 2. The number of urea groups is 1. The number of carbonyl (C=O) groups excluding carboxylic acids is 2. The highest BCUT2D eigenvalue weighted by Crippen LogP contribution is 2.30. The second-order valence-electron chi connectivity index (χ2n) is 8.79. The Balaban J connectivity index is 1.23. The van der Waals surface area contributed by atoms with Crippen molar-refractivity contribution in [1.82, 2.24) is 24.8 Å². The van der Waals surface area contributed by atoms with Crippen LogP contribution in [-0.2, 0) is 4.74 Å². The number of anilines is 1. The maximum Gasteiger partial charge on any atom is 0.341 e. The predicted molar refractivity (Wildman–Crippen MR) is 122 cm³/mol. The monoisotopic (exact) mass is 503 g/mol. The lowest BCUT2D eigenvalue weighted by molar-refractivity contribution is -0.0197. The van der Waals surface area contributed by atoms with E-state index in [0.29, 0.717) is 51.3 Å². The van der Waals surface area contributed by atoms with Gasteiger partial charge in [-0.1, -0.05) is 0 Å². The van der Waals surface area contributed by atoms with Crippen LogP contribution >= 0.6 is 0 Å². The zero-order chi connectivity index (χ0) is 25.4. The quantitative estimate of drug-likeness (QED) is 0.634. The van der Waals surface area contributed by atoms with Crippen molar-refractivity contribution in [1.29, 1.82) is 0 Å². The zero-order valence-electron chi connectivity index (χ0n) is 19.5. The van der Waals surface area contributed by atoms with Crippen molar-refractivity contribution >= 4 is 24.1 Å². The molecular formula is C23H24F3N7O3. The molecule has 190 valence electrons. The third-order valence-electron chi connectivity index (χ3n) is 6.53. The first-order chi connectivity index (χ1) is 17.3. The number of halogens is 3. The van der Waals surface area contributed by atoms with Gasteiger partial charge in [0, 0.05) is 65.1 Å². The second kappa shape index (κ2) is 9.72. The van der Waals surface area contributed by atoms with Crippen LogP contribution in [0.15, 0.2) is 29.5 Å². The van der Waals surface area contributed by atoms with Gasteiger partial charge in [-0.05, 0) is 17.7 Å².